The fourth-order valence-corrected chi connectivity index (χ4v) is 8.26. The Kier molecular flexibility index (Phi) is 10.6. The van der Waals surface area contributed by atoms with Crippen molar-refractivity contribution in [3.63, 3.8) is 0 Å². The number of allylic oxidation sites excluding steroid dienone is 1. The van der Waals surface area contributed by atoms with Crippen LogP contribution in [0.5, 0.6) is 5.75 Å². The second kappa shape index (κ2) is 13.9. The number of carbonyl (C=O) groups excluding carboxylic acids is 1. The van der Waals surface area contributed by atoms with Crippen LogP contribution in [-0.2, 0) is 16.1 Å². The minimum atomic E-state index is -5.00. The summed E-state index contributed by atoms with van der Waals surface area (Å²) in [5.74, 6) is -0.625. The molecule has 0 radical (unpaired) electrons. The Morgan fingerprint density at radius 3 is 2.29 bits per heavy atom. The van der Waals surface area contributed by atoms with Crippen molar-refractivity contribution in [1.82, 2.24) is 4.57 Å². The number of nitrogens with zero attached hydrogens (tertiary/aromatic N) is 2. The molecule has 2 heterocycles. The van der Waals surface area contributed by atoms with Crippen LogP contribution >= 0.6 is 91.3 Å². The highest BCUT2D eigenvalue weighted by Gasteiger charge is 2.45. The molecule has 1 aliphatic rings. The summed E-state index contributed by atoms with van der Waals surface area (Å²) in [6.07, 6.45) is -3.44. The highest BCUT2D eigenvalue weighted by Crippen LogP contribution is 2.38. The number of ether oxygens (including phenoxy) is 2. The molecule has 234 valence electrons. The normalized spacial score (nSPS) is 15.1. The first-order valence-electron chi connectivity index (χ1n) is 12.9. The summed E-state index contributed by atoms with van der Waals surface area (Å²) in [6.45, 7) is 1.49. The van der Waals surface area contributed by atoms with Gasteiger partial charge in [0.15, 0.2) is 10.5 Å². The molecule has 0 aliphatic carbocycles. The van der Waals surface area contributed by atoms with Crippen LogP contribution in [0.2, 0.25) is 15.1 Å². The van der Waals surface area contributed by atoms with Crippen molar-refractivity contribution in [2.24, 2.45) is 4.99 Å². The van der Waals surface area contributed by atoms with Gasteiger partial charge in [-0.3, -0.25) is 9.36 Å². The van der Waals surface area contributed by atoms with Crippen LogP contribution in [-0.4, -0.2) is 23.3 Å². The molecule has 0 spiro atoms. The highest BCUT2D eigenvalue weighted by atomic mass is 127. The molecule has 0 saturated carbocycles. The average molecular weight is 920 g/mol. The van der Waals surface area contributed by atoms with Crippen molar-refractivity contribution >= 4 is 103 Å². The summed E-state index contributed by atoms with van der Waals surface area (Å²) in [7, 11) is 0. The van der Waals surface area contributed by atoms with Gasteiger partial charge in [0.1, 0.15) is 12.4 Å². The van der Waals surface area contributed by atoms with E-state index < -0.39 is 35.0 Å². The standard InChI is InChI=1S/C30H18Cl3F3I2N2O4S/c1-2-43-28(42)23-24(15-3-6-17(31)7-4-15)40-27(41)22(45-29(40)39-26(23)30(34,35)36)11-14-9-20(37)25(21(38)10-14)44-13-16-5-8-18(32)12-19(16)33/h3-12,24H,2,13H2,1H3/b22-11-/t24-/m0/s1. The topological polar surface area (TPSA) is 69.9 Å². The van der Waals surface area contributed by atoms with E-state index in [2.05, 4.69) is 50.2 Å². The number of thiazole rings is 1. The van der Waals surface area contributed by atoms with Crippen LogP contribution in [0.1, 0.15) is 29.7 Å². The maximum atomic E-state index is 14.3. The molecule has 0 amide bonds. The minimum Gasteiger partial charge on any atom is -0.487 e. The molecule has 1 aromatic heterocycles. The molecule has 1 atom stereocenters. The maximum absolute atomic E-state index is 14.3. The predicted octanol–water partition coefficient (Wildman–Crippen LogP) is 8.09. The second-order valence-electron chi connectivity index (χ2n) is 9.45. The summed E-state index contributed by atoms with van der Waals surface area (Å²) < 4.78 is 56.7. The minimum absolute atomic E-state index is 0.118. The Morgan fingerprint density at radius 2 is 1.69 bits per heavy atom. The highest BCUT2D eigenvalue weighted by molar-refractivity contribution is 14.1. The van der Waals surface area contributed by atoms with E-state index in [1.807, 2.05) is 0 Å². The fraction of sp³-hybridized carbons (Fsp3) is 0.167. The van der Waals surface area contributed by atoms with E-state index >= 15 is 0 Å². The lowest BCUT2D eigenvalue weighted by molar-refractivity contribution is -0.140. The van der Waals surface area contributed by atoms with Gasteiger partial charge in [-0.25, -0.2) is 9.79 Å². The van der Waals surface area contributed by atoms with E-state index in [9.17, 15) is 22.8 Å². The van der Waals surface area contributed by atoms with Gasteiger partial charge in [-0.1, -0.05) is 64.3 Å². The molecule has 5 rings (SSSR count). The van der Waals surface area contributed by atoms with Gasteiger partial charge in [0.25, 0.3) is 5.56 Å². The third-order valence-corrected chi connectivity index (χ3v) is 9.91. The van der Waals surface area contributed by atoms with Gasteiger partial charge in [0.2, 0.25) is 0 Å². The lowest BCUT2D eigenvalue weighted by Crippen LogP contribution is -2.41. The van der Waals surface area contributed by atoms with Gasteiger partial charge >= 0.3 is 12.1 Å². The third kappa shape index (κ3) is 7.40. The molecule has 0 N–H and O–H groups in total. The van der Waals surface area contributed by atoms with Crippen LogP contribution in [0.3, 0.4) is 0 Å². The number of alkyl halides is 3. The first-order chi connectivity index (χ1) is 21.3. The number of aromatic nitrogens is 1. The van der Waals surface area contributed by atoms with Crippen molar-refractivity contribution < 1.29 is 27.4 Å². The van der Waals surface area contributed by atoms with Gasteiger partial charge in [-0.15, -0.1) is 0 Å². The zero-order chi connectivity index (χ0) is 32.6. The Morgan fingerprint density at radius 1 is 1.04 bits per heavy atom. The molecule has 6 nitrogen and oxygen atoms in total. The Bertz CT molecular complexity index is 2010. The first-order valence-corrected chi connectivity index (χ1v) is 17.0. The van der Waals surface area contributed by atoms with E-state index in [1.54, 1.807) is 36.4 Å². The van der Waals surface area contributed by atoms with Crippen molar-refractivity contribution in [2.75, 3.05) is 6.61 Å². The SMILES string of the molecule is CCOC(=O)C1=C(C(F)(F)F)N=c2s/c(=C\c3cc(I)c(OCc4ccc(Cl)cc4Cl)c(I)c3)c(=O)n2[C@H]1c1ccc(Cl)cc1. The quantitative estimate of drug-likeness (QED) is 0.139. The number of fused-ring (bicyclic) bond motifs is 1. The number of halogens is 8. The summed E-state index contributed by atoms with van der Waals surface area (Å²) in [5, 5.41) is 1.31. The average Bonchev–Trinajstić information content (AvgIpc) is 3.27. The molecule has 4 aromatic rings. The number of benzene rings is 3. The van der Waals surface area contributed by atoms with Gasteiger partial charge in [-0.05, 0) is 106 Å². The van der Waals surface area contributed by atoms with E-state index in [0.29, 0.717) is 26.4 Å². The number of esters is 1. The molecule has 3 aromatic carbocycles. The maximum Gasteiger partial charge on any atom is 0.434 e. The van der Waals surface area contributed by atoms with E-state index in [4.69, 9.17) is 44.3 Å². The molecular formula is C30H18Cl3F3I2N2O4S. The zero-order valence-electron chi connectivity index (χ0n) is 22.7. The van der Waals surface area contributed by atoms with Crippen LogP contribution in [0.25, 0.3) is 6.08 Å². The van der Waals surface area contributed by atoms with Crippen molar-refractivity contribution in [3.8, 4) is 5.75 Å². The number of hydrogen-bond acceptors (Lipinski definition) is 6. The molecule has 0 saturated heterocycles. The van der Waals surface area contributed by atoms with Crippen molar-refractivity contribution in [2.45, 2.75) is 25.7 Å². The number of hydrogen-bond donors (Lipinski definition) is 0. The van der Waals surface area contributed by atoms with Gasteiger partial charge < -0.3 is 9.47 Å². The zero-order valence-corrected chi connectivity index (χ0v) is 30.1. The summed E-state index contributed by atoms with van der Waals surface area (Å²) in [5.41, 5.74) is -1.23. The van der Waals surface area contributed by atoms with Crippen molar-refractivity contribution in [1.29, 1.82) is 0 Å². The van der Waals surface area contributed by atoms with Crippen LogP contribution in [0.4, 0.5) is 13.2 Å². The molecule has 0 bridgehead atoms. The van der Waals surface area contributed by atoms with Crippen LogP contribution in [0.15, 0.2) is 75.7 Å². The van der Waals surface area contributed by atoms with E-state index in [0.717, 1.165) is 28.6 Å². The van der Waals surface area contributed by atoms with Crippen LogP contribution in [0, 0.1) is 7.14 Å². The lowest BCUT2D eigenvalue weighted by atomic mass is 9.95. The monoisotopic (exact) mass is 918 g/mol. The molecular weight excluding hydrogens is 902 g/mol. The Hall–Kier alpha value is -2.11. The summed E-state index contributed by atoms with van der Waals surface area (Å²) >= 11 is 23.3. The molecule has 45 heavy (non-hydrogen) atoms. The van der Waals surface area contributed by atoms with E-state index in [-0.39, 0.29) is 28.1 Å². The molecule has 0 fully saturated rings. The smallest absolute Gasteiger partial charge is 0.434 e. The summed E-state index contributed by atoms with van der Waals surface area (Å²) in [6, 6.07) is 13.1. The third-order valence-electron chi connectivity index (χ3n) is 6.49. The molecule has 15 heteroatoms. The Labute approximate surface area is 300 Å². The lowest BCUT2D eigenvalue weighted by Gasteiger charge is -2.26. The predicted molar refractivity (Wildman–Crippen MR) is 185 cm³/mol. The van der Waals surface area contributed by atoms with Gasteiger partial charge in [0, 0.05) is 20.6 Å². The number of rotatable bonds is 7. The molecule has 1 aliphatic heterocycles. The largest absolute Gasteiger partial charge is 0.487 e. The van der Waals surface area contributed by atoms with Crippen LogP contribution < -0.4 is 19.6 Å². The van der Waals surface area contributed by atoms with Crippen molar-refractivity contribution in [3.05, 3.63) is 124 Å². The summed E-state index contributed by atoms with van der Waals surface area (Å²) in [4.78, 5) is 30.4. The van der Waals surface area contributed by atoms with Gasteiger partial charge in [-0.2, -0.15) is 13.2 Å². The number of carbonyl (C=O) groups is 1. The Balaban J connectivity index is 1.61. The fourth-order valence-electron chi connectivity index (χ4n) is 4.54. The van der Waals surface area contributed by atoms with Gasteiger partial charge in [0.05, 0.1) is 29.9 Å². The van der Waals surface area contributed by atoms with E-state index in [1.165, 1.54) is 31.2 Å². The first kappa shape index (κ1) is 34.2. The molecule has 0 unspecified atom stereocenters. The second-order valence-corrected chi connectivity index (χ2v) is 14.1.